The normalized spacial score (nSPS) is 11.6. The third kappa shape index (κ3) is 4.71. The zero-order valence-corrected chi connectivity index (χ0v) is 18.8. The van der Waals surface area contributed by atoms with E-state index >= 15 is 0 Å². The number of nitrogens with one attached hydrogen (secondary N) is 2. The van der Waals surface area contributed by atoms with Gasteiger partial charge in [0.2, 0.25) is 10.0 Å². The maximum atomic E-state index is 14.4. The van der Waals surface area contributed by atoms with Gasteiger partial charge in [-0.2, -0.15) is 5.10 Å². The number of hydrogen-bond acceptors (Lipinski definition) is 4. The molecule has 0 unspecified atom stereocenters. The second-order valence-electron chi connectivity index (χ2n) is 7.59. The molecule has 2 aromatic carbocycles. The van der Waals surface area contributed by atoms with Crippen LogP contribution in [-0.2, 0) is 10.0 Å². The molecular formula is C23H22FN5O3S. The quantitative estimate of drug-likeness (QED) is 0.433. The predicted molar refractivity (Wildman–Crippen MR) is 123 cm³/mol. The first-order chi connectivity index (χ1) is 15.8. The summed E-state index contributed by atoms with van der Waals surface area (Å²) in [5, 5.41) is 6.99. The van der Waals surface area contributed by atoms with Gasteiger partial charge in [-0.25, -0.2) is 22.2 Å². The molecule has 10 heteroatoms. The summed E-state index contributed by atoms with van der Waals surface area (Å²) in [4.78, 5) is 13.2. The van der Waals surface area contributed by atoms with Crippen LogP contribution in [-0.4, -0.2) is 34.7 Å². The van der Waals surface area contributed by atoms with Gasteiger partial charge in [0.1, 0.15) is 17.1 Å². The van der Waals surface area contributed by atoms with E-state index in [4.69, 9.17) is 0 Å². The van der Waals surface area contributed by atoms with Crippen molar-refractivity contribution in [3.8, 4) is 11.5 Å². The second kappa shape index (κ2) is 9.00. The molecule has 2 aromatic heterocycles. The van der Waals surface area contributed by atoms with Crippen LogP contribution >= 0.6 is 0 Å². The summed E-state index contributed by atoms with van der Waals surface area (Å²) in [5.41, 5.74) is 0.820. The molecule has 8 nitrogen and oxygen atoms in total. The summed E-state index contributed by atoms with van der Waals surface area (Å²) in [6.07, 6.45) is 4.82. The van der Waals surface area contributed by atoms with Gasteiger partial charge in [0, 0.05) is 24.1 Å². The lowest BCUT2D eigenvalue weighted by atomic mass is 10.2. The molecule has 0 saturated heterocycles. The van der Waals surface area contributed by atoms with Crippen molar-refractivity contribution < 1.29 is 17.6 Å². The molecule has 0 bridgehead atoms. The summed E-state index contributed by atoms with van der Waals surface area (Å²) < 4.78 is 44.6. The maximum absolute atomic E-state index is 14.4. The fourth-order valence-corrected chi connectivity index (χ4v) is 4.57. The van der Waals surface area contributed by atoms with Crippen LogP contribution in [0.4, 0.5) is 10.1 Å². The van der Waals surface area contributed by atoms with Crippen LogP contribution in [0.3, 0.4) is 0 Å². The topological polar surface area (TPSA) is 98.0 Å². The minimum absolute atomic E-state index is 0.0922. The molecule has 0 aliphatic heterocycles. The third-order valence-electron chi connectivity index (χ3n) is 4.73. The van der Waals surface area contributed by atoms with E-state index in [9.17, 15) is 17.6 Å². The molecule has 0 aliphatic carbocycles. The zero-order valence-electron chi connectivity index (χ0n) is 17.9. The van der Waals surface area contributed by atoms with Gasteiger partial charge in [-0.05, 0) is 62.4 Å². The van der Waals surface area contributed by atoms with E-state index in [2.05, 4.69) is 15.1 Å². The lowest BCUT2D eigenvalue weighted by molar-refractivity contribution is 0.102. The Kier molecular flexibility index (Phi) is 6.12. The summed E-state index contributed by atoms with van der Waals surface area (Å²) in [6.45, 7) is 3.46. The largest absolute Gasteiger partial charge is 0.322 e. The number of para-hydroxylation sites is 1. The zero-order chi connectivity index (χ0) is 23.6. The van der Waals surface area contributed by atoms with E-state index in [1.807, 2.05) is 0 Å². The van der Waals surface area contributed by atoms with Crippen molar-refractivity contribution in [1.29, 1.82) is 0 Å². The van der Waals surface area contributed by atoms with Crippen LogP contribution in [0.5, 0.6) is 0 Å². The first-order valence-corrected chi connectivity index (χ1v) is 11.6. The Morgan fingerprint density at radius 3 is 2.30 bits per heavy atom. The van der Waals surface area contributed by atoms with Crippen LogP contribution in [0.2, 0.25) is 0 Å². The van der Waals surface area contributed by atoms with Gasteiger partial charge in [-0.15, -0.1) is 0 Å². The molecule has 2 heterocycles. The minimum atomic E-state index is -3.64. The van der Waals surface area contributed by atoms with E-state index in [1.165, 1.54) is 41.2 Å². The van der Waals surface area contributed by atoms with Crippen molar-refractivity contribution in [1.82, 2.24) is 19.1 Å². The van der Waals surface area contributed by atoms with E-state index in [0.717, 1.165) is 0 Å². The number of amides is 1. The second-order valence-corrected chi connectivity index (χ2v) is 9.30. The Hall–Kier alpha value is -3.76. The minimum Gasteiger partial charge on any atom is -0.322 e. The highest BCUT2D eigenvalue weighted by atomic mass is 32.2. The average molecular weight is 468 g/mol. The highest BCUT2D eigenvalue weighted by molar-refractivity contribution is 7.89. The average Bonchev–Trinajstić information content (AvgIpc) is 3.43. The molecule has 0 atom stereocenters. The number of aromatic nitrogens is 3. The molecule has 0 saturated carbocycles. The molecule has 0 radical (unpaired) electrons. The molecule has 0 fully saturated rings. The number of anilines is 1. The SMILES string of the molecule is CC(C)NS(=O)(=O)c1ccc(NC(=O)c2cnn(-c3ccccc3F)c2-n2cccc2)cc1. The Labute approximate surface area is 190 Å². The van der Waals surface area contributed by atoms with E-state index in [1.54, 1.807) is 61.1 Å². The van der Waals surface area contributed by atoms with Crippen LogP contribution in [0, 0.1) is 5.82 Å². The number of sulfonamides is 1. The molecule has 0 spiro atoms. The summed E-state index contributed by atoms with van der Waals surface area (Å²) in [6, 6.07) is 15.3. The molecule has 4 rings (SSSR count). The molecular weight excluding hydrogens is 445 g/mol. The van der Waals surface area contributed by atoms with Gasteiger partial charge in [0.15, 0.2) is 5.82 Å². The van der Waals surface area contributed by atoms with E-state index < -0.39 is 21.7 Å². The first kappa shape index (κ1) is 22.4. The van der Waals surface area contributed by atoms with Crippen molar-refractivity contribution in [2.75, 3.05) is 5.32 Å². The van der Waals surface area contributed by atoms with Gasteiger partial charge in [-0.3, -0.25) is 4.79 Å². The van der Waals surface area contributed by atoms with Gasteiger partial charge in [0.25, 0.3) is 5.91 Å². The van der Waals surface area contributed by atoms with Gasteiger partial charge in [-0.1, -0.05) is 12.1 Å². The van der Waals surface area contributed by atoms with Crippen molar-refractivity contribution >= 4 is 21.6 Å². The number of nitrogens with zero attached hydrogens (tertiary/aromatic N) is 3. The maximum Gasteiger partial charge on any atom is 0.261 e. The van der Waals surface area contributed by atoms with Gasteiger partial charge >= 0.3 is 0 Å². The first-order valence-electron chi connectivity index (χ1n) is 10.2. The molecule has 2 N–H and O–H groups in total. The van der Waals surface area contributed by atoms with Crippen LogP contribution in [0.1, 0.15) is 24.2 Å². The standard InChI is InChI=1S/C23H22FN5O3S/c1-16(2)27-33(31,32)18-11-9-17(10-12-18)26-22(30)19-15-25-29(21-8-4-3-7-20(21)24)23(19)28-13-5-6-14-28/h3-16,27H,1-2H3,(H,26,30). The molecule has 1 amide bonds. The lowest BCUT2D eigenvalue weighted by Gasteiger charge is -2.12. The van der Waals surface area contributed by atoms with E-state index in [-0.39, 0.29) is 22.2 Å². The van der Waals surface area contributed by atoms with Crippen molar-refractivity contribution in [2.45, 2.75) is 24.8 Å². The van der Waals surface area contributed by atoms with Crippen molar-refractivity contribution in [3.05, 3.63) is 90.6 Å². The predicted octanol–water partition coefficient (Wildman–Crippen LogP) is 3.74. The monoisotopic (exact) mass is 467 g/mol. The highest BCUT2D eigenvalue weighted by Crippen LogP contribution is 2.23. The van der Waals surface area contributed by atoms with E-state index in [0.29, 0.717) is 11.5 Å². The number of carbonyl (C=O) groups excluding carboxylic acids is 1. The Morgan fingerprint density at radius 2 is 1.67 bits per heavy atom. The molecule has 170 valence electrons. The van der Waals surface area contributed by atoms with Gasteiger partial charge in [0.05, 0.1) is 11.1 Å². The number of carbonyl (C=O) groups is 1. The van der Waals surface area contributed by atoms with Crippen molar-refractivity contribution in [2.24, 2.45) is 0 Å². The Morgan fingerprint density at radius 1 is 1.00 bits per heavy atom. The number of benzene rings is 2. The number of rotatable bonds is 7. The van der Waals surface area contributed by atoms with Crippen LogP contribution in [0.25, 0.3) is 11.5 Å². The van der Waals surface area contributed by atoms with Gasteiger partial charge < -0.3 is 9.88 Å². The number of halogens is 1. The molecule has 4 aromatic rings. The smallest absolute Gasteiger partial charge is 0.261 e. The third-order valence-corrected chi connectivity index (χ3v) is 6.41. The molecule has 0 aliphatic rings. The highest BCUT2D eigenvalue weighted by Gasteiger charge is 2.22. The lowest BCUT2D eigenvalue weighted by Crippen LogP contribution is -2.30. The van der Waals surface area contributed by atoms with Crippen molar-refractivity contribution in [3.63, 3.8) is 0 Å². The Bertz CT molecular complexity index is 1380. The Balaban J connectivity index is 1.65. The van der Waals surface area contributed by atoms with Crippen LogP contribution in [0.15, 0.2) is 84.1 Å². The summed E-state index contributed by atoms with van der Waals surface area (Å²) in [5.74, 6) is -0.590. The number of hydrogen-bond donors (Lipinski definition) is 2. The summed E-state index contributed by atoms with van der Waals surface area (Å²) >= 11 is 0. The summed E-state index contributed by atoms with van der Waals surface area (Å²) in [7, 11) is -3.64. The fraction of sp³-hybridized carbons (Fsp3) is 0.130. The fourth-order valence-electron chi connectivity index (χ4n) is 3.32. The molecule has 33 heavy (non-hydrogen) atoms. The van der Waals surface area contributed by atoms with Crippen LogP contribution < -0.4 is 10.0 Å².